The van der Waals surface area contributed by atoms with E-state index in [0.29, 0.717) is 17.9 Å². The minimum absolute atomic E-state index is 0.0689. The van der Waals surface area contributed by atoms with Crippen molar-refractivity contribution < 1.29 is 32.4 Å². The van der Waals surface area contributed by atoms with Crippen LogP contribution in [0.4, 0.5) is 0 Å². The Kier molecular flexibility index (Phi) is 9.16. The van der Waals surface area contributed by atoms with Crippen LogP contribution in [0.25, 0.3) is 22.1 Å². The molecule has 0 aliphatic carbocycles. The fraction of sp³-hybridized carbons (Fsp3) is 0.400. The summed E-state index contributed by atoms with van der Waals surface area (Å²) in [5.74, 6) is 0.483. The number of benzene rings is 2. The van der Waals surface area contributed by atoms with Gasteiger partial charge in [0.2, 0.25) is 5.43 Å². The smallest absolute Gasteiger partial charge is 0.507 e. The Hall–Kier alpha value is -2.80. The first kappa shape index (κ1) is 25.8. The normalized spacial score (nSPS) is 11.6. The van der Waals surface area contributed by atoms with E-state index in [4.69, 9.17) is 22.7 Å². The Morgan fingerprint density at radius 1 is 0.941 bits per heavy atom. The van der Waals surface area contributed by atoms with Crippen LogP contribution in [-0.2, 0) is 13.6 Å². The molecule has 34 heavy (non-hydrogen) atoms. The van der Waals surface area contributed by atoms with Gasteiger partial charge >= 0.3 is 7.82 Å². The molecule has 3 rings (SSSR count). The number of rotatable bonds is 13. The fourth-order valence-corrected chi connectivity index (χ4v) is 4.48. The lowest BCUT2D eigenvalue weighted by Crippen LogP contribution is -2.06. The van der Waals surface area contributed by atoms with Gasteiger partial charge in [0.1, 0.15) is 34.5 Å². The first-order chi connectivity index (χ1) is 16.4. The molecule has 0 radical (unpaired) electrons. The maximum atomic E-state index is 13.0. The first-order valence-corrected chi connectivity index (χ1v) is 13.0. The van der Waals surface area contributed by atoms with Gasteiger partial charge in [-0.1, -0.05) is 38.8 Å². The van der Waals surface area contributed by atoms with Crippen LogP contribution in [0.2, 0.25) is 0 Å². The standard InChI is InChI=1S/C25H31O8P/c1-4-7-13-31-34(28,32-14-8-5-2)33-19-11-9-18(10-12-19)21-17-30-23-16-20(29-6-3)15-22(26)24(23)25(21)27/h9-12,15-17,26H,4-8,13-14H2,1-3H3. The van der Waals surface area contributed by atoms with Gasteiger partial charge in [-0.05, 0) is 37.5 Å². The van der Waals surface area contributed by atoms with Crippen molar-refractivity contribution in [3.8, 4) is 28.4 Å². The predicted molar refractivity (Wildman–Crippen MR) is 131 cm³/mol. The Balaban J connectivity index is 1.84. The van der Waals surface area contributed by atoms with Crippen molar-refractivity contribution in [2.45, 2.75) is 46.5 Å². The zero-order valence-electron chi connectivity index (χ0n) is 19.7. The number of aromatic hydroxyl groups is 1. The molecule has 1 N–H and O–H groups in total. The molecule has 0 aliphatic heterocycles. The summed E-state index contributed by atoms with van der Waals surface area (Å²) < 4.78 is 40.5. The van der Waals surface area contributed by atoms with E-state index in [-0.39, 0.29) is 46.7 Å². The maximum absolute atomic E-state index is 13.0. The summed E-state index contributed by atoms with van der Waals surface area (Å²) in [4.78, 5) is 13.0. The van der Waals surface area contributed by atoms with Crippen LogP contribution >= 0.6 is 7.82 Å². The number of hydrogen-bond acceptors (Lipinski definition) is 8. The van der Waals surface area contributed by atoms with Crippen molar-refractivity contribution in [1.29, 1.82) is 0 Å². The molecular formula is C25H31O8P. The zero-order valence-corrected chi connectivity index (χ0v) is 20.6. The predicted octanol–water partition coefficient (Wildman–Crippen LogP) is 6.68. The van der Waals surface area contributed by atoms with Gasteiger partial charge in [-0.3, -0.25) is 13.8 Å². The number of phosphoric acid groups is 1. The Morgan fingerprint density at radius 2 is 1.59 bits per heavy atom. The molecular weight excluding hydrogens is 459 g/mol. The van der Waals surface area contributed by atoms with E-state index in [1.165, 1.54) is 12.3 Å². The zero-order chi connectivity index (χ0) is 24.6. The van der Waals surface area contributed by atoms with Crippen molar-refractivity contribution in [1.82, 2.24) is 0 Å². The van der Waals surface area contributed by atoms with Gasteiger partial charge in [0.05, 0.1) is 25.4 Å². The van der Waals surface area contributed by atoms with E-state index in [1.54, 1.807) is 30.3 Å². The van der Waals surface area contributed by atoms with Crippen LogP contribution < -0.4 is 14.7 Å². The number of phosphoric ester groups is 1. The molecule has 0 atom stereocenters. The number of fused-ring (bicyclic) bond motifs is 1. The van der Waals surface area contributed by atoms with E-state index in [0.717, 1.165) is 25.7 Å². The molecule has 0 saturated carbocycles. The van der Waals surface area contributed by atoms with Crippen LogP contribution in [0.5, 0.6) is 17.2 Å². The average Bonchev–Trinajstić information content (AvgIpc) is 2.80. The highest BCUT2D eigenvalue weighted by Gasteiger charge is 2.28. The van der Waals surface area contributed by atoms with Gasteiger partial charge in [-0.25, -0.2) is 4.57 Å². The summed E-state index contributed by atoms with van der Waals surface area (Å²) in [7, 11) is -3.77. The van der Waals surface area contributed by atoms with Gasteiger partial charge in [-0.15, -0.1) is 0 Å². The molecule has 0 saturated heterocycles. The highest BCUT2D eigenvalue weighted by atomic mass is 31.2. The Bertz CT molecular complexity index is 1170. The summed E-state index contributed by atoms with van der Waals surface area (Å²) in [6.07, 6.45) is 4.59. The van der Waals surface area contributed by atoms with E-state index in [1.807, 2.05) is 20.8 Å². The minimum atomic E-state index is -3.77. The summed E-state index contributed by atoms with van der Waals surface area (Å²) >= 11 is 0. The molecule has 3 aromatic rings. The number of unbranched alkanes of at least 4 members (excludes halogenated alkanes) is 2. The van der Waals surface area contributed by atoms with Gasteiger partial charge in [0, 0.05) is 12.1 Å². The first-order valence-electron chi connectivity index (χ1n) is 11.5. The van der Waals surface area contributed by atoms with E-state index in [9.17, 15) is 14.5 Å². The second-order valence-electron chi connectivity index (χ2n) is 7.66. The summed E-state index contributed by atoms with van der Waals surface area (Å²) in [6.45, 7) is 6.79. The number of ether oxygens (including phenoxy) is 1. The van der Waals surface area contributed by atoms with Crippen LogP contribution in [0.3, 0.4) is 0 Å². The molecule has 0 bridgehead atoms. The van der Waals surface area contributed by atoms with Gasteiger partial charge in [0.15, 0.2) is 0 Å². The minimum Gasteiger partial charge on any atom is -0.507 e. The highest BCUT2D eigenvalue weighted by Crippen LogP contribution is 2.50. The molecule has 1 aromatic heterocycles. The molecule has 0 fully saturated rings. The Labute approximate surface area is 199 Å². The van der Waals surface area contributed by atoms with Crippen molar-refractivity contribution >= 4 is 18.8 Å². The summed E-state index contributed by atoms with van der Waals surface area (Å²) in [5, 5.41) is 10.4. The largest absolute Gasteiger partial charge is 0.530 e. The molecule has 1 heterocycles. The molecule has 0 amide bonds. The maximum Gasteiger partial charge on any atom is 0.530 e. The highest BCUT2D eigenvalue weighted by molar-refractivity contribution is 7.48. The molecule has 184 valence electrons. The van der Waals surface area contributed by atoms with E-state index >= 15 is 0 Å². The van der Waals surface area contributed by atoms with Gasteiger partial charge in [0.25, 0.3) is 0 Å². The summed E-state index contributed by atoms with van der Waals surface area (Å²) in [6, 6.07) is 9.39. The van der Waals surface area contributed by atoms with Crippen LogP contribution in [-0.4, -0.2) is 24.9 Å². The van der Waals surface area contributed by atoms with Gasteiger partial charge in [-0.2, -0.15) is 0 Å². The van der Waals surface area contributed by atoms with E-state index in [2.05, 4.69) is 0 Å². The molecule has 2 aromatic carbocycles. The molecule has 0 aliphatic rings. The third-order valence-electron chi connectivity index (χ3n) is 5.02. The van der Waals surface area contributed by atoms with Crippen LogP contribution in [0.15, 0.2) is 51.9 Å². The van der Waals surface area contributed by atoms with Crippen molar-refractivity contribution in [3.05, 3.63) is 52.9 Å². The average molecular weight is 490 g/mol. The second-order valence-corrected chi connectivity index (χ2v) is 9.26. The summed E-state index contributed by atoms with van der Waals surface area (Å²) in [5.41, 5.74) is 0.656. The molecule has 0 spiro atoms. The molecule has 0 unspecified atom stereocenters. The number of phenolic OH excluding ortho intramolecular Hbond substituents is 1. The lowest BCUT2D eigenvalue weighted by Gasteiger charge is -2.18. The quantitative estimate of drug-likeness (QED) is 0.209. The van der Waals surface area contributed by atoms with Crippen LogP contribution in [0, 0.1) is 0 Å². The van der Waals surface area contributed by atoms with Crippen molar-refractivity contribution in [3.63, 3.8) is 0 Å². The monoisotopic (exact) mass is 490 g/mol. The van der Waals surface area contributed by atoms with Crippen molar-refractivity contribution in [2.75, 3.05) is 19.8 Å². The fourth-order valence-electron chi connectivity index (χ4n) is 3.21. The molecule has 8 nitrogen and oxygen atoms in total. The van der Waals surface area contributed by atoms with Crippen molar-refractivity contribution in [2.24, 2.45) is 0 Å². The van der Waals surface area contributed by atoms with Gasteiger partial charge < -0.3 is 18.8 Å². The van der Waals surface area contributed by atoms with E-state index < -0.39 is 7.82 Å². The molecule has 9 heteroatoms. The lowest BCUT2D eigenvalue weighted by molar-refractivity contribution is 0.152. The number of hydrogen-bond donors (Lipinski definition) is 1. The lowest BCUT2D eigenvalue weighted by atomic mass is 10.0. The Morgan fingerprint density at radius 3 is 2.18 bits per heavy atom. The third-order valence-corrected chi connectivity index (χ3v) is 6.45. The third kappa shape index (κ3) is 6.41. The topological polar surface area (TPSA) is 104 Å². The van der Waals surface area contributed by atoms with Crippen LogP contribution in [0.1, 0.15) is 46.5 Å². The SMILES string of the molecule is CCCCOP(=O)(OCCCC)Oc1ccc(-c2coc3cc(OCC)cc(O)c3c2=O)cc1. The second kappa shape index (κ2) is 12.1. The number of phenols is 1.